The fourth-order valence-electron chi connectivity index (χ4n) is 3.41. The van der Waals surface area contributed by atoms with Gasteiger partial charge in [0.25, 0.3) is 0 Å². The van der Waals surface area contributed by atoms with Gasteiger partial charge in [-0.2, -0.15) is 4.98 Å². The van der Waals surface area contributed by atoms with E-state index in [0.29, 0.717) is 41.8 Å². The van der Waals surface area contributed by atoms with Crippen molar-refractivity contribution in [1.82, 2.24) is 10.1 Å². The molecule has 1 heterocycles. The maximum Gasteiger partial charge on any atom is 0.227 e. The molecular weight excluding hydrogens is 451 g/mol. The number of ether oxygens (including phenoxy) is 3. The highest BCUT2D eigenvalue weighted by atomic mass is 35.5. The minimum Gasteiger partial charge on any atom is -0.496 e. The molecule has 0 radical (unpaired) electrons. The van der Waals surface area contributed by atoms with Crippen LogP contribution in [0.2, 0.25) is 0 Å². The summed E-state index contributed by atoms with van der Waals surface area (Å²) in [6, 6.07) is 9.60. The molecule has 0 amide bonds. The summed E-state index contributed by atoms with van der Waals surface area (Å²) in [6.45, 7) is 7.01. The van der Waals surface area contributed by atoms with Gasteiger partial charge in [-0.15, -0.1) is 0 Å². The number of nitrogens with zero attached hydrogens (tertiary/aromatic N) is 2. The highest BCUT2D eigenvalue weighted by Crippen LogP contribution is 2.32. The molecule has 0 spiro atoms. The van der Waals surface area contributed by atoms with Gasteiger partial charge in [0.15, 0.2) is 0 Å². The van der Waals surface area contributed by atoms with Gasteiger partial charge in [-0.05, 0) is 62.6 Å². The summed E-state index contributed by atoms with van der Waals surface area (Å²) < 4.78 is 22.6. The zero-order valence-electron chi connectivity index (χ0n) is 18.6. The van der Waals surface area contributed by atoms with Crippen LogP contribution < -0.4 is 14.2 Å². The second-order valence-corrected chi connectivity index (χ2v) is 8.37. The number of rotatable bonds is 10. The van der Waals surface area contributed by atoms with E-state index in [-0.39, 0.29) is 11.1 Å². The quantitative estimate of drug-likeness (QED) is 0.316. The Hall–Kier alpha value is -2.70. The molecule has 0 fully saturated rings. The largest absolute Gasteiger partial charge is 0.496 e. The lowest BCUT2D eigenvalue weighted by Crippen LogP contribution is -2.02. The van der Waals surface area contributed by atoms with Crippen LogP contribution in [0.15, 0.2) is 45.4 Å². The molecule has 2 aromatic carbocycles. The molecule has 8 heteroatoms. The molecule has 3 rings (SSSR count). The predicted molar refractivity (Wildman–Crippen MR) is 126 cm³/mol. The van der Waals surface area contributed by atoms with Gasteiger partial charge < -0.3 is 18.7 Å². The van der Waals surface area contributed by atoms with Crippen LogP contribution in [-0.4, -0.2) is 30.5 Å². The molecular formula is C24H26Cl2N2O4. The summed E-state index contributed by atoms with van der Waals surface area (Å²) in [7, 11) is 1.59. The maximum atomic E-state index is 5.99. The van der Waals surface area contributed by atoms with Crippen molar-refractivity contribution in [3.8, 4) is 28.6 Å². The third-order valence-electron chi connectivity index (χ3n) is 4.75. The summed E-state index contributed by atoms with van der Waals surface area (Å²) in [5.74, 6) is 3.12. The standard InChI is InChI=1S/C24H26Cl2N2O4/c1-15-12-16(2)23(17(3)13-15)31-10-5-6-22-27-24(28-32-22)19-14-18(7-8-20(19)29-4)30-11-9-21(25)26/h7-9,12-14H,5-6,10-11H2,1-4H3. The minimum atomic E-state index is 0.151. The average Bonchev–Trinajstić information content (AvgIpc) is 3.21. The maximum absolute atomic E-state index is 5.99. The van der Waals surface area contributed by atoms with Crippen LogP contribution in [-0.2, 0) is 6.42 Å². The molecule has 0 saturated heterocycles. The lowest BCUT2D eigenvalue weighted by Gasteiger charge is -2.12. The van der Waals surface area contributed by atoms with Crippen molar-refractivity contribution < 1.29 is 18.7 Å². The highest BCUT2D eigenvalue weighted by molar-refractivity contribution is 6.55. The van der Waals surface area contributed by atoms with Crippen LogP contribution in [0.3, 0.4) is 0 Å². The molecule has 0 N–H and O–H groups in total. The van der Waals surface area contributed by atoms with Crippen LogP contribution in [0, 0.1) is 20.8 Å². The SMILES string of the molecule is COc1ccc(OCC=C(Cl)Cl)cc1-c1noc(CCCOc2c(C)cc(C)cc2C)n1. The Morgan fingerprint density at radius 1 is 1.06 bits per heavy atom. The van der Waals surface area contributed by atoms with Gasteiger partial charge in [-0.1, -0.05) is 46.1 Å². The first-order chi connectivity index (χ1) is 15.4. The lowest BCUT2D eigenvalue weighted by molar-refractivity contribution is 0.295. The average molecular weight is 477 g/mol. The zero-order valence-corrected chi connectivity index (χ0v) is 20.1. The van der Waals surface area contributed by atoms with Crippen LogP contribution in [0.5, 0.6) is 17.2 Å². The van der Waals surface area contributed by atoms with E-state index in [1.807, 2.05) is 0 Å². The first-order valence-corrected chi connectivity index (χ1v) is 11.0. The highest BCUT2D eigenvalue weighted by Gasteiger charge is 2.15. The third kappa shape index (κ3) is 6.40. The Balaban J connectivity index is 1.62. The predicted octanol–water partition coefficient (Wildman–Crippen LogP) is 6.38. The van der Waals surface area contributed by atoms with E-state index in [1.165, 1.54) is 5.56 Å². The first kappa shape index (κ1) is 24.0. The summed E-state index contributed by atoms with van der Waals surface area (Å²) in [5, 5.41) is 4.10. The Labute approximate surface area is 198 Å². The van der Waals surface area contributed by atoms with Crippen molar-refractivity contribution in [3.05, 3.63) is 63.5 Å². The van der Waals surface area contributed by atoms with Crippen molar-refractivity contribution in [2.75, 3.05) is 20.3 Å². The monoisotopic (exact) mass is 476 g/mol. The van der Waals surface area contributed by atoms with Crippen LogP contribution >= 0.6 is 23.2 Å². The fraction of sp³-hybridized carbons (Fsp3) is 0.333. The van der Waals surface area contributed by atoms with Gasteiger partial charge in [0.1, 0.15) is 28.3 Å². The smallest absolute Gasteiger partial charge is 0.227 e. The van der Waals surface area contributed by atoms with Gasteiger partial charge in [0, 0.05) is 6.42 Å². The van der Waals surface area contributed by atoms with Gasteiger partial charge >= 0.3 is 0 Å². The summed E-state index contributed by atoms with van der Waals surface area (Å²) in [4.78, 5) is 4.51. The number of hydrogen-bond acceptors (Lipinski definition) is 6. The van der Waals surface area contributed by atoms with E-state index < -0.39 is 0 Å². The van der Waals surface area contributed by atoms with Gasteiger partial charge in [-0.3, -0.25) is 0 Å². The van der Waals surface area contributed by atoms with Gasteiger partial charge in [0.2, 0.25) is 11.7 Å². The van der Waals surface area contributed by atoms with Crippen molar-refractivity contribution in [3.63, 3.8) is 0 Å². The Morgan fingerprint density at radius 3 is 2.50 bits per heavy atom. The van der Waals surface area contributed by atoms with E-state index in [1.54, 1.807) is 31.4 Å². The van der Waals surface area contributed by atoms with E-state index in [4.69, 9.17) is 41.9 Å². The van der Waals surface area contributed by atoms with Crippen LogP contribution in [0.25, 0.3) is 11.4 Å². The number of aryl methyl sites for hydroxylation is 4. The molecule has 0 aliphatic heterocycles. The topological polar surface area (TPSA) is 66.6 Å². The number of aromatic nitrogens is 2. The lowest BCUT2D eigenvalue weighted by atomic mass is 10.1. The van der Waals surface area contributed by atoms with Gasteiger partial charge in [-0.25, -0.2) is 0 Å². The molecule has 0 unspecified atom stereocenters. The fourth-order valence-corrected chi connectivity index (χ4v) is 3.54. The van der Waals surface area contributed by atoms with E-state index in [9.17, 15) is 0 Å². The molecule has 0 bridgehead atoms. The van der Waals surface area contributed by atoms with E-state index in [2.05, 4.69) is 43.0 Å². The minimum absolute atomic E-state index is 0.151. The Kier molecular flexibility index (Phi) is 8.42. The van der Waals surface area contributed by atoms with E-state index >= 15 is 0 Å². The molecule has 6 nitrogen and oxygen atoms in total. The summed E-state index contributed by atoms with van der Waals surface area (Å²) in [5.41, 5.74) is 4.18. The number of halogens is 2. The molecule has 0 saturated carbocycles. The third-order valence-corrected chi connectivity index (χ3v) is 5.06. The van der Waals surface area contributed by atoms with Gasteiger partial charge in [0.05, 0.1) is 19.3 Å². The molecule has 0 atom stereocenters. The van der Waals surface area contributed by atoms with E-state index in [0.717, 1.165) is 23.3 Å². The second kappa shape index (κ2) is 11.2. The number of benzene rings is 2. The first-order valence-electron chi connectivity index (χ1n) is 10.2. The number of methoxy groups -OCH3 is 1. The number of hydrogen-bond donors (Lipinski definition) is 0. The zero-order chi connectivity index (χ0) is 23.1. The normalized spacial score (nSPS) is 10.7. The molecule has 32 heavy (non-hydrogen) atoms. The van der Waals surface area contributed by atoms with Crippen LogP contribution in [0.1, 0.15) is 29.0 Å². The molecule has 0 aliphatic carbocycles. The summed E-state index contributed by atoms with van der Waals surface area (Å²) in [6.07, 6.45) is 2.91. The Morgan fingerprint density at radius 2 is 1.81 bits per heavy atom. The Bertz CT molecular complexity index is 1070. The second-order valence-electron chi connectivity index (χ2n) is 7.36. The van der Waals surface area contributed by atoms with Crippen molar-refractivity contribution >= 4 is 23.2 Å². The molecule has 3 aromatic rings. The molecule has 170 valence electrons. The van der Waals surface area contributed by atoms with Crippen LogP contribution in [0.4, 0.5) is 0 Å². The van der Waals surface area contributed by atoms with Crippen molar-refractivity contribution in [2.45, 2.75) is 33.6 Å². The molecule has 1 aromatic heterocycles. The van der Waals surface area contributed by atoms with Crippen molar-refractivity contribution in [1.29, 1.82) is 0 Å². The summed E-state index contributed by atoms with van der Waals surface area (Å²) >= 11 is 11.2. The van der Waals surface area contributed by atoms with Crippen molar-refractivity contribution in [2.24, 2.45) is 0 Å². The molecule has 0 aliphatic rings.